The van der Waals surface area contributed by atoms with Crippen LogP contribution in [0.25, 0.3) is 0 Å². The highest BCUT2D eigenvalue weighted by Crippen LogP contribution is 2.25. The van der Waals surface area contributed by atoms with Crippen molar-refractivity contribution in [1.82, 2.24) is 5.32 Å². The average molecular weight is 294 g/mol. The fourth-order valence-corrected chi connectivity index (χ4v) is 1.84. The second kappa shape index (κ2) is 7.06. The van der Waals surface area contributed by atoms with Crippen molar-refractivity contribution >= 4 is 6.09 Å². The van der Waals surface area contributed by atoms with Gasteiger partial charge in [-0.1, -0.05) is 17.3 Å². The first-order valence-electron chi connectivity index (χ1n) is 6.72. The summed E-state index contributed by atoms with van der Waals surface area (Å²) < 4.78 is 10.3. The Kier molecular flexibility index (Phi) is 5.69. The molecule has 1 rings (SSSR count). The van der Waals surface area contributed by atoms with Gasteiger partial charge in [0, 0.05) is 0 Å². The summed E-state index contributed by atoms with van der Waals surface area (Å²) in [6.07, 6.45) is -0.577. The first-order chi connectivity index (χ1) is 9.76. The van der Waals surface area contributed by atoms with Gasteiger partial charge in [0.05, 0.1) is 13.2 Å². The van der Waals surface area contributed by atoms with Crippen LogP contribution in [-0.2, 0) is 4.74 Å². The molecule has 0 aromatic heterocycles. The number of nitroso groups, excluding NO2 is 1. The number of nitrogens with one attached hydrogen (secondary N) is 1. The molecule has 0 aliphatic rings. The zero-order chi connectivity index (χ0) is 16.0. The molecule has 0 fully saturated rings. The summed E-state index contributed by atoms with van der Waals surface area (Å²) in [6, 6.07) is 5.82. The van der Waals surface area contributed by atoms with Crippen molar-refractivity contribution in [3.63, 3.8) is 0 Å². The van der Waals surface area contributed by atoms with Crippen LogP contribution >= 0.6 is 0 Å². The van der Waals surface area contributed by atoms with E-state index in [1.54, 1.807) is 59.1 Å². The summed E-state index contributed by atoms with van der Waals surface area (Å²) in [4.78, 5) is 22.9. The number of carbonyl (C=O) groups is 1. The van der Waals surface area contributed by atoms with E-state index in [4.69, 9.17) is 9.47 Å². The van der Waals surface area contributed by atoms with Crippen molar-refractivity contribution in [3.05, 3.63) is 34.7 Å². The third-order valence-electron chi connectivity index (χ3n) is 2.77. The summed E-state index contributed by atoms with van der Waals surface area (Å²) in [6.45, 7) is 7.02. The molecule has 6 nitrogen and oxygen atoms in total. The van der Waals surface area contributed by atoms with Crippen LogP contribution in [0.4, 0.5) is 4.79 Å². The maximum Gasteiger partial charge on any atom is 0.407 e. The zero-order valence-electron chi connectivity index (χ0n) is 13.0. The third-order valence-corrected chi connectivity index (χ3v) is 2.77. The lowest BCUT2D eigenvalue weighted by molar-refractivity contribution is 0.0502. The molecule has 116 valence electrons. The van der Waals surface area contributed by atoms with Crippen LogP contribution in [0.15, 0.2) is 29.4 Å². The van der Waals surface area contributed by atoms with E-state index in [9.17, 15) is 9.70 Å². The second-order valence-electron chi connectivity index (χ2n) is 5.76. The van der Waals surface area contributed by atoms with Gasteiger partial charge < -0.3 is 14.8 Å². The van der Waals surface area contributed by atoms with E-state index in [-0.39, 0.29) is 0 Å². The van der Waals surface area contributed by atoms with Crippen LogP contribution in [0.1, 0.15) is 39.3 Å². The van der Waals surface area contributed by atoms with Crippen molar-refractivity contribution in [2.24, 2.45) is 5.18 Å². The molecule has 0 aliphatic carbocycles. The zero-order valence-corrected chi connectivity index (χ0v) is 13.0. The Labute approximate surface area is 124 Å². The maximum absolute atomic E-state index is 11.7. The minimum atomic E-state index is -0.715. The number of hydrogen-bond acceptors (Lipinski definition) is 5. The predicted molar refractivity (Wildman–Crippen MR) is 80.4 cm³/mol. The van der Waals surface area contributed by atoms with Gasteiger partial charge in [0.1, 0.15) is 17.4 Å². The van der Waals surface area contributed by atoms with Gasteiger partial charge in [-0.15, -0.1) is 0 Å². The van der Waals surface area contributed by atoms with Gasteiger partial charge >= 0.3 is 6.09 Å². The molecule has 0 saturated carbocycles. The van der Waals surface area contributed by atoms with Gasteiger partial charge in [-0.2, -0.15) is 4.91 Å². The highest BCUT2D eigenvalue weighted by molar-refractivity contribution is 5.68. The normalized spacial score (nSPS) is 14.0. The topological polar surface area (TPSA) is 77.0 Å². The van der Waals surface area contributed by atoms with E-state index in [0.29, 0.717) is 11.3 Å². The SMILES string of the molecule is COc1cccc(C(N=O)[C@@H](C)NC(=O)OC(C)(C)C)c1. The first kappa shape index (κ1) is 16.9. The van der Waals surface area contributed by atoms with Crippen molar-refractivity contribution < 1.29 is 14.3 Å². The minimum absolute atomic E-state index is 0.496. The fraction of sp³-hybridized carbons (Fsp3) is 0.533. The van der Waals surface area contributed by atoms with E-state index >= 15 is 0 Å². The summed E-state index contributed by atoms with van der Waals surface area (Å²) in [5.41, 5.74) is 0.0806. The van der Waals surface area contributed by atoms with Crippen LogP contribution in [-0.4, -0.2) is 24.8 Å². The van der Waals surface area contributed by atoms with Crippen LogP contribution in [0.5, 0.6) is 5.75 Å². The Morgan fingerprint density at radius 1 is 1.33 bits per heavy atom. The molecule has 0 aliphatic heterocycles. The summed E-state index contributed by atoms with van der Waals surface area (Å²) in [5, 5.41) is 5.73. The molecular weight excluding hydrogens is 272 g/mol. The lowest BCUT2D eigenvalue weighted by Gasteiger charge is -2.24. The fourth-order valence-electron chi connectivity index (χ4n) is 1.84. The van der Waals surface area contributed by atoms with Gasteiger partial charge in [-0.05, 0) is 45.4 Å². The highest BCUT2D eigenvalue weighted by atomic mass is 16.6. The van der Waals surface area contributed by atoms with Crippen molar-refractivity contribution in [3.8, 4) is 5.75 Å². The predicted octanol–water partition coefficient (Wildman–Crippen LogP) is 3.42. The van der Waals surface area contributed by atoms with Gasteiger partial charge in [-0.25, -0.2) is 4.79 Å². The van der Waals surface area contributed by atoms with Gasteiger partial charge in [0.25, 0.3) is 0 Å². The van der Waals surface area contributed by atoms with Crippen LogP contribution in [0.2, 0.25) is 0 Å². The molecule has 1 aromatic carbocycles. The number of nitrogens with zero attached hydrogens (tertiary/aromatic N) is 1. The molecule has 0 radical (unpaired) electrons. The Balaban J connectivity index is 2.79. The molecular formula is C15H22N2O4. The first-order valence-corrected chi connectivity index (χ1v) is 6.72. The lowest BCUT2D eigenvalue weighted by atomic mass is 10.0. The van der Waals surface area contributed by atoms with Crippen molar-refractivity contribution in [2.75, 3.05) is 7.11 Å². The molecule has 1 unspecified atom stereocenters. The minimum Gasteiger partial charge on any atom is -0.497 e. The van der Waals surface area contributed by atoms with Crippen molar-refractivity contribution in [1.29, 1.82) is 0 Å². The molecule has 1 aromatic rings. The van der Waals surface area contributed by atoms with Crippen LogP contribution in [0, 0.1) is 4.91 Å². The Morgan fingerprint density at radius 3 is 2.52 bits per heavy atom. The van der Waals surface area contributed by atoms with Gasteiger partial charge in [0.2, 0.25) is 0 Å². The molecule has 21 heavy (non-hydrogen) atoms. The van der Waals surface area contributed by atoms with Crippen molar-refractivity contribution in [2.45, 2.75) is 45.4 Å². The second-order valence-corrected chi connectivity index (χ2v) is 5.76. The number of hydrogen-bond donors (Lipinski definition) is 1. The molecule has 0 spiro atoms. The molecule has 0 saturated heterocycles. The number of benzene rings is 1. The van der Waals surface area contributed by atoms with Crippen LogP contribution in [0.3, 0.4) is 0 Å². The quantitative estimate of drug-likeness (QED) is 0.844. The number of carbonyl (C=O) groups excluding carboxylic acids is 1. The summed E-state index contributed by atoms with van der Waals surface area (Å²) in [5.74, 6) is 0.630. The van der Waals surface area contributed by atoms with E-state index < -0.39 is 23.8 Å². The van der Waals surface area contributed by atoms with E-state index in [1.807, 2.05) is 0 Å². The third kappa shape index (κ3) is 5.41. The number of alkyl carbamates (subject to hydrolysis) is 1. The standard InChI is InChI=1S/C15H22N2O4/c1-10(16-14(18)21-15(2,3)4)13(17-19)11-7-6-8-12(9-11)20-5/h6-10,13H,1-5H3,(H,16,18)/t10-,13?/m1/s1. The summed E-state index contributed by atoms with van der Waals surface area (Å²) in [7, 11) is 1.55. The average Bonchev–Trinajstić information content (AvgIpc) is 2.37. The molecule has 2 atom stereocenters. The number of methoxy groups -OCH3 is 1. The molecule has 1 amide bonds. The van der Waals surface area contributed by atoms with Crippen LogP contribution < -0.4 is 10.1 Å². The Bertz CT molecular complexity index is 497. The van der Waals surface area contributed by atoms with E-state index in [0.717, 1.165) is 0 Å². The van der Waals surface area contributed by atoms with E-state index in [1.165, 1.54) is 0 Å². The number of amides is 1. The van der Waals surface area contributed by atoms with Gasteiger partial charge in [-0.3, -0.25) is 0 Å². The largest absolute Gasteiger partial charge is 0.497 e. The molecule has 1 N–H and O–H groups in total. The Hall–Kier alpha value is -2.11. The highest BCUT2D eigenvalue weighted by Gasteiger charge is 2.25. The number of ether oxygens (including phenoxy) is 2. The summed E-state index contributed by atoms with van der Waals surface area (Å²) >= 11 is 0. The smallest absolute Gasteiger partial charge is 0.407 e. The lowest BCUT2D eigenvalue weighted by Crippen LogP contribution is -2.40. The van der Waals surface area contributed by atoms with Gasteiger partial charge in [0.15, 0.2) is 0 Å². The molecule has 0 bridgehead atoms. The molecule has 0 heterocycles. The maximum atomic E-state index is 11.7. The Morgan fingerprint density at radius 2 is 2.00 bits per heavy atom. The monoisotopic (exact) mass is 294 g/mol. The van der Waals surface area contributed by atoms with E-state index in [2.05, 4.69) is 10.5 Å². The number of rotatable bonds is 5. The molecule has 6 heteroatoms.